The average molecular weight is 441 g/mol. The summed E-state index contributed by atoms with van der Waals surface area (Å²) >= 11 is 0. The Hall–Kier alpha value is -3.02. The molecular formula is C26H36N2O4. The molecule has 2 aromatic carbocycles. The Morgan fingerprint density at radius 3 is 2.38 bits per heavy atom. The summed E-state index contributed by atoms with van der Waals surface area (Å²) in [5.74, 6) is 1.27. The fourth-order valence-electron chi connectivity index (χ4n) is 3.58. The van der Waals surface area contributed by atoms with Crippen molar-refractivity contribution in [2.24, 2.45) is 0 Å². The van der Waals surface area contributed by atoms with Crippen LogP contribution in [0.1, 0.15) is 58.1 Å². The monoisotopic (exact) mass is 440 g/mol. The first kappa shape index (κ1) is 25.2. The van der Waals surface area contributed by atoms with E-state index in [0.717, 1.165) is 11.1 Å². The van der Waals surface area contributed by atoms with E-state index in [1.165, 1.54) is 0 Å². The minimum absolute atomic E-state index is 0.0144. The molecule has 1 N–H and O–H groups in total. The molecule has 0 spiro atoms. The highest BCUT2D eigenvalue weighted by Gasteiger charge is 2.29. The summed E-state index contributed by atoms with van der Waals surface area (Å²) in [6.45, 7) is 10.0. The van der Waals surface area contributed by atoms with Gasteiger partial charge in [-0.1, -0.05) is 51.1 Å². The highest BCUT2D eigenvalue weighted by Crippen LogP contribution is 2.26. The number of nitrogens with zero attached hydrogens (tertiary/aromatic N) is 1. The van der Waals surface area contributed by atoms with E-state index in [9.17, 15) is 9.59 Å². The molecule has 2 aromatic rings. The van der Waals surface area contributed by atoms with Gasteiger partial charge in [-0.15, -0.1) is 0 Å². The molecule has 0 aromatic heterocycles. The molecule has 0 heterocycles. The Morgan fingerprint density at radius 2 is 1.75 bits per heavy atom. The van der Waals surface area contributed by atoms with Crippen molar-refractivity contribution in [1.29, 1.82) is 0 Å². The summed E-state index contributed by atoms with van der Waals surface area (Å²) in [4.78, 5) is 27.8. The molecule has 6 nitrogen and oxygen atoms in total. The second kappa shape index (κ2) is 12.1. The number of nitrogens with one attached hydrogen (secondary N) is 1. The first-order valence-electron chi connectivity index (χ1n) is 11.2. The van der Waals surface area contributed by atoms with Gasteiger partial charge in [0.05, 0.1) is 7.11 Å². The van der Waals surface area contributed by atoms with Crippen molar-refractivity contribution in [2.75, 3.05) is 13.7 Å². The predicted octanol–water partition coefficient (Wildman–Crippen LogP) is 4.53. The number of amides is 2. The van der Waals surface area contributed by atoms with Crippen LogP contribution in [0.3, 0.4) is 0 Å². The standard InChI is InChI=1S/C26H36N2O4/c1-7-23(26(30)27-19(4)5)28(16-20-11-10-12-21(15-20)31-6)25(29)17-32-24-14-9-8-13-22(24)18(2)3/h8-15,18-19,23H,7,16-17H2,1-6H3,(H,27,30)/t23-/m1/s1. The van der Waals surface area contributed by atoms with Gasteiger partial charge in [0.2, 0.25) is 5.91 Å². The molecule has 2 amide bonds. The number of rotatable bonds is 11. The van der Waals surface area contributed by atoms with Gasteiger partial charge in [-0.25, -0.2) is 0 Å². The van der Waals surface area contributed by atoms with E-state index in [1.807, 2.05) is 69.3 Å². The molecule has 2 rings (SSSR count). The molecule has 6 heteroatoms. The summed E-state index contributed by atoms with van der Waals surface area (Å²) in [6, 6.07) is 14.6. The molecule has 0 unspecified atom stereocenters. The third-order valence-corrected chi connectivity index (χ3v) is 5.20. The third kappa shape index (κ3) is 7.01. The van der Waals surface area contributed by atoms with Crippen molar-refractivity contribution in [3.63, 3.8) is 0 Å². The van der Waals surface area contributed by atoms with Crippen LogP contribution in [0.5, 0.6) is 11.5 Å². The largest absolute Gasteiger partial charge is 0.497 e. The van der Waals surface area contributed by atoms with Crippen molar-refractivity contribution in [2.45, 2.75) is 65.6 Å². The molecule has 1 atom stereocenters. The Bertz CT molecular complexity index is 895. The van der Waals surface area contributed by atoms with Crippen LogP contribution in [0.2, 0.25) is 0 Å². The lowest BCUT2D eigenvalue weighted by atomic mass is 10.0. The van der Waals surface area contributed by atoms with Gasteiger partial charge in [0.15, 0.2) is 6.61 Å². The van der Waals surface area contributed by atoms with E-state index < -0.39 is 6.04 Å². The lowest BCUT2D eigenvalue weighted by molar-refractivity contribution is -0.143. The van der Waals surface area contributed by atoms with E-state index in [2.05, 4.69) is 19.2 Å². The van der Waals surface area contributed by atoms with Crippen LogP contribution in [0.15, 0.2) is 48.5 Å². The normalized spacial score (nSPS) is 11.9. The predicted molar refractivity (Wildman–Crippen MR) is 127 cm³/mol. The Kier molecular flexibility index (Phi) is 9.57. The lowest BCUT2D eigenvalue weighted by Gasteiger charge is -2.31. The SMILES string of the molecule is CC[C@H](C(=O)NC(C)C)N(Cc1cccc(OC)c1)C(=O)COc1ccccc1C(C)C. The van der Waals surface area contributed by atoms with E-state index in [4.69, 9.17) is 9.47 Å². The Morgan fingerprint density at radius 1 is 1.03 bits per heavy atom. The number of para-hydroxylation sites is 1. The fourth-order valence-corrected chi connectivity index (χ4v) is 3.58. The zero-order chi connectivity index (χ0) is 23.7. The minimum atomic E-state index is -0.597. The van der Waals surface area contributed by atoms with E-state index >= 15 is 0 Å². The Labute approximate surface area is 191 Å². The number of carbonyl (C=O) groups is 2. The number of ether oxygens (including phenoxy) is 2. The molecule has 0 radical (unpaired) electrons. The maximum atomic E-state index is 13.3. The number of benzene rings is 2. The van der Waals surface area contributed by atoms with Crippen molar-refractivity contribution in [3.8, 4) is 11.5 Å². The molecule has 0 aliphatic rings. The van der Waals surface area contributed by atoms with E-state index in [-0.39, 0.29) is 36.9 Å². The van der Waals surface area contributed by atoms with Crippen LogP contribution < -0.4 is 14.8 Å². The number of hydrogen-bond acceptors (Lipinski definition) is 4. The topological polar surface area (TPSA) is 67.9 Å². The maximum absolute atomic E-state index is 13.3. The molecular weight excluding hydrogens is 404 g/mol. The van der Waals surface area contributed by atoms with Crippen LogP contribution in [0.25, 0.3) is 0 Å². The second-order valence-electron chi connectivity index (χ2n) is 8.44. The van der Waals surface area contributed by atoms with Gasteiger partial charge in [0.1, 0.15) is 17.5 Å². The summed E-state index contributed by atoms with van der Waals surface area (Å²) < 4.78 is 11.2. The molecule has 0 bridgehead atoms. The van der Waals surface area contributed by atoms with Gasteiger partial charge in [-0.3, -0.25) is 9.59 Å². The highest BCUT2D eigenvalue weighted by atomic mass is 16.5. The van der Waals surface area contributed by atoms with Gasteiger partial charge in [-0.05, 0) is 55.5 Å². The van der Waals surface area contributed by atoms with Crippen LogP contribution in [-0.4, -0.2) is 42.5 Å². The third-order valence-electron chi connectivity index (χ3n) is 5.20. The molecule has 0 saturated carbocycles. The molecule has 0 aliphatic carbocycles. The number of carbonyl (C=O) groups excluding carboxylic acids is 2. The fraction of sp³-hybridized carbons (Fsp3) is 0.462. The van der Waals surface area contributed by atoms with Crippen LogP contribution in [0.4, 0.5) is 0 Å². The van der Waals surface area contributed by atoms with Crippen LogP contribution in [0, 0.1) is 0 Å². The van der Waals surface area contributed by atoms with Crippen LogP contribution >= 0.6 is 0 Å². The van der Waals surface area contributed by atoms with Crippen molar-refractivity contribution in [3.05, 3.63) is 59.7 Å². The van der Waals surface area contributed by atoms with E-state index in [0.29, 0.717) is 17.9 Å². The van der Waals surface area contributed by atoms with E-state index in [1.54, 1.807) is 12.0 Å². The zero-order valence-electron chi connectivity index (χ0n) is 20.1. The van der Waals surface area contributed by atoms with Crippen LogP contribution in [-0.2, 0) is 16.1 Å². The average Bonchev–Trinajstić information content (AvgIpc) is 2.77. The summed E-state index contributed by atoms with van der Waals surface area (Å²) in [7, 11) is 1.60. The first-order valence-corrected chi connectivity index (χ1v) is 11.2. The van der Waals surface area contributed by atoms with Gasteiger partial charge >= 0.3 is 0 Å². The van der Waals surface area contributed by atoms with Crippen molar-refractivity contribution >= 4 is 11.8 Å². The minimum Gasteiger partial charge on any atom is -0.497 e. The molecule has 174 valence electrons. The van der Waals surface area contributed by atoms with Crippen molar-refractivity contribution in [1.82, 2.24) is 10.2 Å². The molecule has 0 fully saturated rings. The summed E-state index contributed by atoms with van der Waals surface area (Å²) in [6.07, 6.45) is 0.497. The highest BCUT2D eigenvalue weighted by molar-refractivity contribution is 5.88. The smallest absolute Gasteiger partial charge is 0.261 e. The zero-order valence-corrected chi connectivity index (χ0v) is 20.1. The van der Waals surface area contributed by atoms with Gasteiger partial charge in [0, 0.05) is 12.6 Å². The molecule has 0 saturated heterocycles. The summed E-state index contributed by atoms with van der Waals surface area (Å²) in [5.41, 5.74) is 1.93. The van der Waals surface area contributed by atoms with Gasteiger partial charge in [0.25, 0.3) is 5.91 Å². The quantitative estimate of drug-likeness (QED) is 0.557. The number of methoxy groups -OCH3 is 1. The second-order valence-corrected chi connectivity index (χ2v) is 8.44. The lowest BCUT2D eigenvalue weighted by Crippen LogP contribution is -2.51. The maximum Gasteiger partial charge on any atom is 0.261 e. The van der Waals surface area contributed by atoms with Gasteiger partial charge in [-0.2, -0.15) is 0 Å². The van der Waals surface area contributed by atoms with Gasteiger partial charge < -0.3 is 19.7 Å². The number of hydrogen-bond donors (Lipinski definition) is 1. The first-order chi connectivity index (χ1) is 15.3. The molecule has 32 heavy (non-hydrogen) atoms. The molecule has 0 aliphatic heterocycles. The summed E-state index contributed by atoms with van der Waals surface area (Å²) in [5, 5.41) is 2.94. The van der Waals surface area contributed by atoms with Crippen molar-refractivity contribution < 1.29 is 19.1 Å². The Balaban J connectivity index is 2.27.